The third-order valence-corrected chi connectivity index (χ3v) is 6.24. The molecule has 0 unspecified atom stereocenters. The summed E-state index contributed by atoms with van der Waals surface area (Å²) >= 11 is 0.982. The van der Waals surface area contributed by atoms with Crippen LogP contribution in [0.15, 0.2) is 54.7 Å². The Kier molecular flexibility index (Phi) is 6.15. The van der Waals surface area contributed by atoms with Crippen molar-refractivity contribution < 1.29 is 24.2 Å². The van der Waals surface area contributed by atoms with Gasteiger partial charge in [0.05, 0.1) is 12.6 Å². The van der Waals surface area contributed by atoms with Crippen LogP contribution in [0, 0.1) is 0 Å². The van der Waals surface area contributed by atoms with Crippen LogP contribution in [0.5, 0.6) is 0 Å². The highest BCUT2D eigenvalue weighted by atomic mass is 32.1. The predicted molar refractivity (Wildman–Crippen MR) is 125 cm³/mol. The van der Waals surface area contributed by atoms with Crippen molar-refractivity contribution in [1.29, 1.82) is 0 Å². The van der Waals surface area contributed by atoms with Crippen molar-refractivity contribution in [3.63, 3.8) is 0 Å². The molecule has 3 N–H and O–H groups in total. The lowest BCUT2D eigenvalue weighted by Crippen LogP contribution is -2.44. The van der Waals surface area contributed by atoms with Crippen molar-refractivity contribution in [2.24, 2.45) is 0 Å². The number of carboxylic acids is 1. The van der Waals surface area contributed by atoms with Crippen LogP contribution in [0.25, 0.3) is 11.1 Å². The number of aromatic nitrogens is 1. The van der Waals surface area contributed by atoms with Crippen LogP contribution in [-0.2, 0) is 9.53 Å². The largest absolute Gasteiger partial charge is 0.481 e. The first-order valence-corrected chi connectivity index (χ1v) is 11.2. The van der Waals surface area contributed by atoms with Gasteiger partial charge in [-0.25, -0.2) is 9.78 Å². The number of amides is 2. The van der Waals surface area contributed by atoms with Crippen LogP contribution in [0.4, 0.5) is 9.93 Å². The number of aliphatic carboxylic acids is 1. The van der Waals surface area contributed by atoms with Crippen molar-refractivity contribution in [3.05, 3.63) is 70.7 Å². The van der Waals surface area contributed by atoms with Crippen LogP contribution in [-0.4, -0.2) is 40.2 Å². The summed E-state index contributed by atoms with van der Waals surface area (Å²) < 4.78 is 5.49. The van der Waals surface area contributed by atoms with E-state index in [1.54, 1.807) is 13.8 Å². The minimum Gasteiger partial charge on any atom is -0.481 e. The number of carbonyl (C=O) groups is 3. The van der Waals surface area contributed by atoms with Crippen LogP contribution in [0.1, 0.15) is 47.0 Å². The van der Waals surface area contributed by atoms with Gasteiger partial charge in [0.15, 0.2) is 5.13 Å². The number of rotatable bonds is 7. The SMILES string of the molecule is CC(C)(CC(=O)O)NC(=O)c1cnc(NC(=O)OCC2c3ccccc3-c3ccccc32)s1. The van der Waals surface area contributed by atoms with Gasteiger partial charge in [0, 0.05) is 11.5 Å². The Balaban J connectivity index is 1.36. The molecule has 8 nitrogen and oxygen atoms in total. The molecule has 1 aromatic heterocycles. The smallest absolute Gasteiger partial charge is 0.413 e. The van der Waals surface area contributed by atoms with Crippen LogP contribution in [0.3, 0.4) is 0 Å². The number of benzene rings is 2. The van der Waals surface area contributed by atoms with Crippen LogP contribution in [0.2, 0.25) is 0 Å². The van der Waals surface area contributed by atoms with Gasteiger partial charge in [-0.2, -0.15) is 0 Å². The lowest BCUT2D eigenvalue weighted by molar-refractivity contribution is -0.138. The average Bonchev–Trinajstić information content (AvgIpc) is 3.34. The van der Waals surface area contributed by atoms with E-state index < -0.39 is 23.5 Å². The van der Waals surface area contributed by atoms with E-state index in [-0.39, 0.29) is 29.0 Å². The normalized spacial score (nSPS) is 12.5. The Morgan fingerprint density at radius 2 is 1.67 bits per heavy atom. The fourth-order valence-corrected chi connectivity index (χ4v) is 4.65. The molecule has 0 aliphatic heterocycles. The second-order valence-electron chi connectivity index (χ2n) is 8.39. The number of thiazole rings is 1. The molecule has 1 heterocycles. The van der Waals surface area contributed by atoms with Crippen molar-refractivity contribution in [1.82, 2.24) is 10.3 Å². The molecule has 0 radical (unpaired) electrons. The van der Waals surface area contributed by atoms with E-state index in [9.17, 15) is 14.4 Å². The molecule has 0 atom stereocenters. The van der Waals surface area contributed by atoms with E-state index in [1.165, 1.54) is 6.20 Å². The molecule has 3 aromatic rings. The Morgan fingerprint density at radius 3 is 2.27 bits per heavy atom. The zero-order valence-corrected chi connectivity index (χ0v) is 18.9. The molecule has 2 amide bonds. The molecule has 33 heavy (non-hydrogen) atoms. The summed E-state index contributed by atoms with van der Waals surface area (Å²) in [4.78, 5) is 40.0. The van der Waals surface area contributed by atoms with Crippen molar-refractivity contribution in [3.8, 4) is 11.1 Å². The Morgan fingerprint density at radius 1 is 1.06 bits per heavy atom. The molecule has 0 saturated heterocycles. The van der Waals surface area contributed by atoms with Crippen molar-refractivity contribution >= 4 is 34.4 Å². The number of nitrogens with zero attached hydrogens (tertiary/aromatic N) is 1. The summed E-state index contributed by atoms with van der Waals surface area (Å²) in [5.41, 5.74) is 3.59. The van der Waals surface area contributed by atoms with Gasteiger partial charge >= 0.3 is 12.1 Å². The number of hydrogen-bond donors (Lipinski definition) is 3. The molecule has 0 bridgehead atoms. The molecule has 4 rings (SSSR count). The molecule has 2 aromatic carbocycles. The highest BCUT2D eigenvalue weighted by Crippen LogP contribution is 2.44. The van der Waals surface area contributed by atoms with Gasteiger partial charge in [-0.05, 0) is 36.1 Å². The van der Waals surface area contributed by atoms with E-state index >= 15 is 0 Å². The first-order valence-electron chi connectivity index (χ1n) is 10.4. The van der Waals surface area contributed by atoms with Gasteiger partial charge in [-0.3, -0.25) is 14.9 Å². The maximum absolute atomic E-state index is 12.4. The van der Waals surface area contributed by atoms with Crippen LogP contribution >= 0.6 is 11.3 Å². The van der Waals surface area contributed by atoms with Gasteiger partial charge in [0.2, 0.25) is 0 Å². The maximum atomic E-state index is 12.4. The monoisotopic (exact) mass is 465 g/mol. The number of carbonyl (C=O) groups excluding carboxylic acids is 2. The summed E-state index contributed by atoms with van der Waals surface area (Å²) in [5.74, 6) is -1.53. The second-order valence-corrected chi connectivity index (χ2v) is 9.42. The molecule has 170 valence electrons. The molecular weight excluding hydrogens is 442 g/mol. The third kappa shape index (κ3) is 5.04. The van der Waals surface area contributed by atoms with Gasteiger partial charge in [0.1, 0.15) is 11.5 Å². The molecule has 1 aliphatic rings. The minimum absolute atomic E-state index is 0.0581. The zero-order chi connectivity index (χ0) is 23.6. The second kappa shape index (κ2) is 9.03. The minimum atomic E-state index is -1.01. The number of carboxylic acid groups (broad SMARTS) is 1. The molecule has 9 heteroatoms. The van der Waals surface area contributed by atoms with Gasteiger partial charge in [-0.1, -0.05) is 59.9 Å². The Hall–Kier alpha value is -3.72. The highest BCUT2D eigenvalue weighted by Gasteiger charge is 2.29. The van der Waals surface area contributed by atoms with E-state index in [0.29, 0.717) is 0 Å². The van der Waals surface area contributed by atoms with E-state index in [4.69, 9.17) is 9.84 Å². The maximum Gasteiger partial charge on any atom is 0.413 e. The molecular formula is C24H23N3O5S. The standard InChI is InChI=1S/C24H23N3O5S/c1-24(2,11-20(28)29)27-21(30)19-12-25-22(33-19)26-23(31)32-13-18-16-9-5-3-7-14(16)15-8-4-6-10-17(15)18/h3-10,12,18H,11,13H2,1-2H3,(H,27,30)(H,28,29)(H,25,26,31). The molecule has 0 fully saturated rings. The lowest BCUT2D eigenvalue weighted by atomic mass is 9.98. The summed E-state index contributed by atoms with van der Waals surface area (Å²) in [7, 11) is 0. The number of ether oxygens (including phenoxy) is 1. The average molecular weight is 466 g/mol. The Bertz CT molecular complexity index is 1170. The fraction of sp³-hybridized carbons (Fsp3) is 0.250. The quantitative estimate of drug-likeness (QED) is 0.473. The number of nitrogens with one attached hydrogen (secondary N) is 2. The predicted octanol–water partition coefficient (Wildman–Crippen LogP) is 4.49. The van der Waals surface area contributed by atoms with Gasteiger partial charge < -0.3 is 15.2 Å². The fourth-order valence-electron chi connectivity index (χ4n) is 3.95. The molecule has 0 saturated carbocycles. The zero-order valence-electron chi connectivity index (χ0n) is 18.1. The summed E-state index contributed by atoms with van der Waals surface area (Å²) in [6.07, 6.45) is 0.447. The Labute approximate surface area is 194 Å². The number of fused-ring (bicyclic) bond motifs is 3. The number of hydrogen-bond acceptors (Lipinski definition) is 6. The summed E-state index contributed by atoms with van der Waals surface area (Å²) in [6.45, 7) is 3.41. The number of anilines is 1. The molecule has 0 spiro atoms. The van der Waals surface area contributed by atoms with E-state index in [2.05, 4.69) is 27.8 Å². The lowest BCUT2D eigenvalue weighted by Gasteiger charge is -2.23. The third-order valence-electron chi connectivity index (χ3n) is 5.33. The van der Waals surface area contributed by atoms with Gasteiger partial charge in [-0.15, -0.1) is 0 Å². The topological polar surface area (TPSA) is 118 Å². The molecule has 1 aliphatic carbocycles. The van der Waals surface area contributed by atoms with Crippen LogP contribution < -0.4 is 10.6 Å². The summed E-state index contributed by atoms with van der Waals surface area (Å²) in [5, 5.41) is 14.4. The first kappa shape index (κ1) is 22.5. The van der Waals surface area contributed by atoms with E-state index in [1.807, 2.05) is 36.4 Å². The van der Waals surface area contributed by atoms with Crippen molar-refractivity contribution in [2.75, 3.05) is 11.9 Å². The van der Waals surface area contributed by atoms with Gasteiger partial charge in [0.25, 0.3) is 5.91 Å². The first-order chi connectivity index (χ1) is 15.7. The summed E-state index contributed by atoms with van der Waals surface area (Å²) in [6, 6.07) is 16.1. The van der Waals surface area contributed by atoms with Crippen molar-refractivity contribution in [2.45, 2.75) is 31.7 Å². The highest BCUT2D eigenvalue weighted by molar-refractivity contribution is 7.17. The van der Waals surface area contributed by atoms with E-state index in [0.717, 1.165) is 33.6 Å².